The number of carbonyl (C=O) groups excluding carboxylic acids is 2. The van der Waals surface area contributed by atoms with Crippen molar-refractivity contribution in [3.05, 3.63) is 35.3 Å². The molecule has 1 heterocycles. The number of aliphatic hydroxyl groups is 2. The number of rotatable bonds is 6. The van der Waals surface area contributed by atoms with Crippen LogP contribution in [0, 0.1) is 36.5 Å². The second kappa shape index (κ2) is 8.08. The molecule has 30 heavy (non-hydrogen) atoms. The van der Waals surface area contributed by atoms with Gasteiger partial charge < -0.3 is 14.6 Å². The maximum Gasteiger partial charge on any atom is 0.190 e. The summed E-state index contributed by atoms with van der Waals surface area (Å²) in [4.78, 5) is 27.1. The zero-order valence-corrected chi connectivity index (χ0v) is 19.1. The Hall–Kier alpha value is -1.72. The Labute approximate surface area is 179 Å². The standard InChI is InChI=1S/C25H36O5/c1-14(2)13-21(26)25(29)18(6)19-9-7-16(4)22(19)23(27)24(25,28)17(5)8-10-20-15(3)11-12-30-20/h11-13,16-19,22,28-29H,7-10H2,1-6H3/t16-,17-,18-,19-,22+,24+,25-/m0/s1. The van der Waals surface area contributed by atoms with E-state index in [-0.39, 0.29) is 23.5 Å². The smallest absolute Gasteiger partial charge is 0.190 e. The van der Waals surface area contributed by atoms with E-state index in [9.17, 15) is 19.8 Å². The molecule has 0 radical (unpaired) electrons. The molecule has 0 spiro atoms. The number of Topliss-reactive ketones (excluding diaryl/α,β-unsaturated/α-hetero) is 1. The molecule has 5 nitrogen and oxygen atoms in total. The maximum atomic E-state index is 13.8. The quantitative estimate of drug-likeness (QED) is 0.684. The highest BCUT2D eigenvalue weighted by molar-refractivity contribution is 6.06. The van der Waals surface area contributed by atoms with E-state index in [0.717, 1.165) is 29.7 Å². The molecule has 0 bridgehead atoms. The predicted octanol–water partition coefficient (Wildman–Crippen LogP) is 4.04. The van der Waals surface area contributed by atoms with Crippen LogP contribution in [0.2, 0.25) is 0 Å². The molecule has 2 N–H and O–H groups in total. The highest BCUT2D eigenvalue weighted by atomic mass is 16.4. The third-order valence-electron chi connectivity index (χ3n) is 7.87. The van der Waals surface area contributed by atoms with Gasteiger partial charge in [-0.2, -0.15) is 0 Å². The fourth-order valence-corrected chi connectivity index (χ4v) is 5.97. The number of fused-ring (bicyclic) bond motifs is 1. The van der Waals surface area contributed by atoms with Crippen molar-refractivity contribution in [1.82, 2.24) is 0 Å². The Bertz CT molecular complexity index is 847. The van der Waals surface area contributed by atoms with Gasteiger partial charge in [-0.25, -0.2) is 0 Å². The van der Waals surface area contributed by atoms with Crippen LogP contribution in [0.4, 0.5) is 0 Å². The number of aryl methyl sites for hydroxylation is 2. The van der Waals surface area contributed by atoms with Crippen LogP contribution in [-0.2, 0) is 16.0 Å². The highest BCUT2D eigenvalue weighted by Crippen LogP contribution is 2.56. The third-order valence-corrected chi connectivity index (χ3v) is 7.87. The number of allylic oxidation sites excluding steroid dienone is 1. The first-order chi connectivity index (χ1) is 14.0. The molecule has 2 saturated carbocycles. The van der Waals surface area contributed by atoms with E-state index in [1.54, 1.807) is 27.0 Å². The zero-order valence-electron chi connectivity index (χ0n) is 19.1. The Morgan fingerprint density at radius 2 is 1.97 bits per heavy atom. The van der Waals surface area contributed by atoms with Gasteiger partial charge in [-0.3, -0.25) is 9.59 Å². The van der Waals surface area contributed by atoms with Crippen molar-refractivity contribution >= 4 is 11.6 Å². The first-order valence-electron chi connectivity index (χ1n) is 11.2. The Morgan fingerprint density at radius 1 is 1.30 bits per heavy atom. The van der Waals surface area contributed by atoms with Crippen LogP contribution in [0.5, 0.6) is 0 Å². The van der Waals surface area contributed by atoms with E-state index in [4.69, 9.17) is 4.42 Å². The summed E-state index contributed by atoms with van der Waals surface area (Å²) in [6.45, 7) is 11.1. The van der Waals surface area contributed by atoms with E-state index in [2.05, 4.69) is 0 Å². The average molecular weight is 417 g/mol. The second-order valence-electron chi connectivity index (χ2n) is 9.98. The Balaban J connectivity index is 2.04. The third kappa shape index (κ3) is 3.31. The topological polar surface area (TPSA) is 87.7 Å². The largest absolute Gasteiger partial charge is 0.469 e. The summed E-state index contributed by atoms with van der Waals surface area (Å²) in [5.74, 6) is -1.52. The lowest BCUT2D eigenvalue weighted by Gasteiger charge is -2.55. The number of hydrogen-bond donors (Lipinski definition) is 2. The van der Waals surface area contributed by atoms with E-state index < -0.39 is 28.8 Å². The van der Waals surface area contributed by atoms with Crippen molar-refractivity contribution < 1.29 is 24.2 Å². The van der Waals surface area contributed by atoms with Gasteiger partial charge in [-0.1, -0.05) is 26.3 Å². The Kier molecular flexibility index (Phi) is 6.18. The molecule has 3 rings (SSSR count). The lowest BCUT2D eigenvalue weighted by atomic mass is 9.52. The van der Waals surface area contributed by atoms with Gasteiger partial charge in [-0.05, 0) is 81.4 Å². The highest BCUT2D eigenvalue weighted by Gasteiger charge is 2.71. The minimum absolute atomic E-state index is 0.0909. The summed E-state index contributed by atoms with van der Waals surface area (Å²) >= 11 is 0. The molecular formula is C25H36O5. The minimum Gasteiger partial charge on any atom is -0.469 e. The van der Waals surface area contributed by atoms with E-state index in [1.807, 2.05) is 26.8 Å². The summed E-state index contributed by atoms with van der Waals surface area (Å²) in [6.07, 6.45) is 5.61. The molecule has 2 aliphatic carbocycles. The van der Waals surface area contributed by atoms with Crippen LogP contribution >= 0.6 is 0 Å². The van der Waals surface area contributed by atoms with Crippen molar-refractivity contribution in [2.24, 2.45) is 29.6 Å². The monoisotopic (exact) mass is 416 g/mol. The van der Waals surface area contributed by atoms with Gasteiger partial charge in [0.15, 0.2) is 22.8 Å². The molecule has 0 aromatic carbocycles. The average Bonchev–Trinajstić information content (AvgIpc) is 3.27. The predicted molar refractivity (Wildman–Crippen MR) is 115 cm³/mol. The van der Waals surface area contributed by atoms with E-state index in [0.29, 0.717) is 12.8 Å². The van der Waals surface area contributed by atoms with Crippen molar-refractivity contribution in [3.63, 3.8) is 0 Å². The van der Waals surface area contributed by atoms with Crippen LogP contribution in [0.1, 0.15) is 65.2 Å². The fourth-order valence-electron chi connectivity index (χ4n) is 5.97. The van der Waals surface area contributed by atoms with Crippen LogP contribution in [0.3, 0.4) is 0 Å². The molecule has 166 valence electrons. The lowest BCUT2D eigenvalue weighted by molar-refractivity contribution is -0.225. The number of furan rings is 1. The second-order valence-corrected chi connectivity index (χ2v) is 9.98. The van der Waals surface area contributed by atoms with Crippen molar-refractivity contribution in [2.75, 3.05) is 0 Å². The van der Waals surface area contributed by atoms with Crippen LogP contribution in [-0.4, -0.2) is 33.0 Å². The van der Waals surface area contributed by atoms with Crippen molar-refractivity contribution in [2.45, 2.75) is 78.4 Å². The van der Waals surface area contributed by atoms with Crippen LogP contribution < -0.4 is 0 Å². The molecule has 0 amide bonds. The van der Waals surface area contributed by atoms with Gasteiger partial charge >= 0.3 is 0 Å². The van der Waals surface area contributed by atoms with E-state index >= 15 is 0 Å². The fraction of sp³-hybridized carbons (Fsp3) is 0.680. The first-order valence-corrected chi connectivity index (χ1v) is 11.2. The molecule has 7 atom stereocenters. The summed E-state index contributed by atoms with van der Waals surface area (Å²) in [5, 5.41) is 23.8. The van der Waals surface area contributed by atoms with Gasteiger partial charge in [0.1, 0.15) is 5.76 Å². The summed E-state index contributed by atoms with van der Waals surface area (Å²) in [7, 11) is 0. The normalized spacial score (nSPS) is 37.0. The molecule has 2 fully saturated rings. The van der Waals surface area contributed by atoms with Gasteiger partial charge in [0.25, 0.3) is 0 Å². The summed E-state index contributed by atoms with van der Waals surface area (Å²) in [5.41, 5.74) is -2.52. The SMILES string of the molecule is CC(C)=CC(=O)[C@@]1(O)[C@@H](C)[C@@H]2CC[C@H](C)[C@H]2C(=O)[C@]1(O)[C@@H](C)CCc1occc1C. The molecule has 1 aromatic heterocycles. The van der Waals surface area contributed by atoms with E-state index in [1.165, 1.54) is 6.08 Å². The minimum atomic E-state index is -2.13. The Morgan fingerprint density at radius 3 is 2.53 bits per heavy atom. The molecule has 0 saturated heterocycles. The summed E-state index contributed by atoms with van der Waals surface area (Å²) in [6, 6.07) is 1.88. The van der Waals surface area contributed by atoms with Gasteiger partial charge in [-0.15, -0.1) is 0 Å². The molecule has 0 aliphatic heterocycles. The molecule has 1 aromatic rings. The van der Waals surface area contributed by atoms with Gasteiger partial charge in [0.2, 0.25) is 0 Å². The molecular weight excluding hydrogens is 380 g/mol. The molecule has 2 aliphatic rings. The van der Waals surface area contributed by atoms with Crippen LogP contribution in [0.25, 0.3) is 0 Å². The number of carbonyl (C=O) groups is 2. The number of ketones is 2. The van der Waals surface area contributed by atoms with Crippen molar-refractivity contribution in [1.29, 1.82) is 0 Å². The maximum absolute atomic E-state index is 13.8. The van der Waals surface area contributed by atoms with Crippen LogP contribution in [0.15, 0.2) is 28.4 Å². The first kappa shape index (κ1) is 23.0. The molecule has 0 unspecified atom stereocenters. The number of hydrogen-bond acceptors (Lipinski definition) is 5. The zero-order chi connectivity index (χ0) is 22.4. The van der Waals surface area contributed by atoms with Gasteiger partial charge in [0.05, 0.1) is 6.26 Å². The van der Waals surface area contributed by atoms with Crippen molar-refractivity contribution in [3.8, 4) is 0 Å². The molecule has 5 heteroatoms. The lowest BCUT2D eigenvalue weighted by Crippen LogP contribution is -2.75. The van der Waals surface area contributed by atoms with Gasteiger partial charge in [0, 0.05) is 12.3 Å². The summed E-state index contributed by atoms with van der Waals surface area (Å²) < 4.78 is 5.52.